The average Bonchev–Trinajstić information content (AvgIpc) is 2.41. The van der Waals surface area contributed by atoms with Crippen LogP contribution in [0.1, 0.15) is 24.6 Å². The van der Waals surface area contributed by atoms with Crippen LogP contribution in [0.4, 0.5) is 5.82 Å². The van der Waals surface area contributed by atoms with Gasteiger partial charge in [0, 0.05) is 24.5 Å². The number of hydrogen-bond acceptors (Lipinski definition) is 4. The monoisotopic (exact) mass is 258 g/mol. The number of nitrogens with zero attached hydrogens (tertiary/aromatic N) is 3. The molecule has 0 saturated carbocycles. The fourth-order valence-corrected chi connectivity index (χ4v) is 1.71. The van der Waals surface area contributed by atoms with E-state index in [1.54, 1.807) is 17.1 Å². The van der Waals surface area contributed by atoms with Gasteiger partial charge in [0.1, 0.15) is 5.82 Å². The molecule has 0 atom stereocenters. The Bertz CT molecular complexity index is 589. The van der Waals surface area contributed by atoms with Gasteiger partial charge in [0.2, 0.25) is 0 Å². The van der Waals surface area contributed by atoms with Gasteiger partial charge in [-0.2, -0.15) is 0 Å². The lowest BCUT2D eigenvalue weighted by Gasteiger charge is -2.07. The highest BCUT2D eigenvalue weighted by Crippen LogP contribution is 2.06. The predicted molar refractivity (Wildman–Crippen MR) is 75.4 cm³/mol. The molecule has 0 aliphatic rings. The number of rotatable bonds is 5. The molecule has 1 N–H and O–H groups in total. The highest BCUT2D eigenvalue weighted by Gasteiger charge is 2.00. The van der Waals surface area contributed by atoms with Gasteiger partial charge in [0.15, 0.2) is 0 Å². The predicted octanol–water partition coefficient (Wildman–Crippen LogP) is 1.82. The molecule has 0 unspecified atom stereocenters. The van der Waals surface area contributed by atoms with Crippen molar-refractivity contribution in [3.05, 3.63) is 52.3 Å². The molecule has 19 heavy (non-hydrogen) atoms. The van der Waals surface area contributed by atoms with Crippen LogP contribution in [0, 0.1) is 6.92 Å². The van der Waals surface area contributed by atoms with E-state index in [1.807, 2.05) is 19.1 Å². The highest BCUT2D eigenvalue weighted by atomic mass is 16.1. The zero-order valence-electron chi connectivity index (χ0n) is 11.3. The summed E-state index contributed by atoms with van der Waals surface area (Å²) in [4.78, 5) is 20.2. The summed E-state index contributed by atoms with van der Waals surface area (Å²) >= 11 is 0. The van der Waals surface area contributed by atoms with Crippen molar-refractivity contribution in [3.8, 4) is 0 Å². The SMILES string of the molecule is CCCNc1ccc(Cn2cnc(C)cc2=O)cn1. The van der Waals surface area contributed by atoms with Gasteiger partial charge in [0.25, 0.3) is 5.56 Å². The highest BCUT2D eigenvalue weighted by molar-refractivity contribution is 5.35. The van der Waals surface area contributed by atoms with E-state index in [2.05, 4.69) is 22.2 Å². The summed E-state index contributed by atoms with van der Waals surface area (Å²) < 4.78 is 1.57. The third-order valence-corrected chi connectivity index (χ3v) is 2.75. The zero-order chi connectivity index (χ0) is 13.7. The van der Waals surface area contributed by atoms with Gasteiger partial charge >= 0.3 is 0 Å². The first-order valence-corrected chi connectivity index (χ1v) is 6.41. The van der Waals surface area contributed by atoms with Crippen LogP contribution < -0.4 is 10.9 Å². The summed E-state index contributed by atoms with van der Waals surface area (Å²) in [6, 6.07) is 5.43. The first-order valence-electron chi connectivity index (χ1n) is 6.41. The van der Waals surface area contributed by atoms with E-state index < -0.39 is 0 Å². The van der Waals surface area contributed by atoms with E-state index in [1.165, 1.54) is 6.07 Å². The van der Waals surface area contributed by atoms with Crippen LogP contribution in [0.5, 0.6) is 0 Å². The number of anilines is 1. The Labute approximate surface area is 112 Å². The molecular formula is C14H18N4O. The van der Waals surface area contributed by atoms with Crippen molar-refractivity contribution < 1.29 is 0 Å². The molecule has 0 amide bonds. The van der Waals surface area contributed by atoms with Gasteiger partial charge in [-0.05, 0) is 25.0 Å². The van der Waals surface area contributed by atoms with Gasteiger partial charge in [-0.15, -0.1) is 0 Å². The minimum Gasteiger partial charge on any atom is -0.370 e. The van der Waals surface area contributed by atoms with Crippen molar-refractivity contribution in [1.82, 2.24) is 14.5 Å². The molecule has 0 saturated heterocycles. The van der Waals surface area contributed by atoms with Crippen LogP contribution in [0.15, 0.2) is 35.5 Å². The van der Waals surface area contributed by atoms with Crippen molar-refractivity contribution in [3.63, 3.8) is 0 Å². The molecule has 0 radical (unpaired) electrons. The van der Waals surface area contributed by atoms with Gasteiger partial charge < -0.3 is 5.32 Å². The van der Waals surface area contributed by atoms with E-state index in [9.17, 15) is 4.79 Å². The molecule has 2 aromatic heterocycles. The Morgan fingerprint density at radius 1 is 1.32 bits per heavy atom. The lowest BCUT2D eigenvalue weighted by atomic mass is 10.2. The van der Waals surface area contributed by atoms with Crippen LogP contribution >= 0.6 is 0 Å². The second-order valence-electron chi connectivity index (χ2n) is 4.47. The van der Waals surface area contributed by atoms with Crippen LogP contribution in [0.3, 0.4) is 0 Å². The number of aromatic nitrogens is 3. The summed E-state index contributed by atoms with van der Waals surface area (Å²) in [5, 5.41) is 3.21. The minimum absolute atomic E-state index is 0.0410. The molecule has 0 aromatic carbocycles. The Balaban J connectivity index is 2.08. The molecular weight excluding hydrogens is 240 g/mol. The first kappa shape index (κ1) is 13.3. The molecule has 100 valence electrons. The molecule has 2 rings (SSSR count). The molecule has 5 heteroatoms. The Kier molecular flexibility index (Phi) is 4.28. The maximum Gasteiger partial charge on any atom is 0.253 e. The summed E-state index contributed by atoms with van der Waals surface area (Å²) in [6.45, 7) is 5.32. The fourth-order valence-electron chi connectivity index (χ4n) is 1.71. The van der Waals surface area contributed by atoms with Gasteiger partial charge in [0.05, 0.1) is 12.9 Å². The number of hydrogen-bond donors (Lipinski definition) is 1. The van der Waals surface area contributed by atoms with E-state index >= 15 is 0 Å². The van der Waals surface area contributed by atoms with E-state index in [4.69, 9.17) is 0 Å². The summed E-state index contributed by atoms with van der Waals surface area (Å²) in [5.74, 6) is 0.861. The summed E-state index contributed by atoms with van der Waals surface area (Å²) in [5.41, 5.74) is 1.67. The van der Waals surface area contributed by atoms with Gasteiger partial charge in [-0.25, -0.2) is 9.97 Å². The van der Waals surface area contributed by atoms with Crippen LogP contribution in [0.25, 0.3) is 0 Å². The third-order valence-electron chi connectivity index (χ3n) is 2.75. The number of aryl methyl sites for hydroxylation is 1. The Hall–Kier alpha value is -2.17. The lowest BCUT2D eigenvalue weighted by molar-refractivity contribution is 0.728. The fraction of sp³-hybridized carbons (Fsp3) is 0.357. The van der Waals surface area contributed by atoms with Gasteiger partial charge in [-0.3, -0.25) is 9.36 Å². The first-order chi connectivity index (χ1) is 9.19. The van der Waals surface area contributed by atoms with Crippen molar-refractivity contribution in [2.45, 2.75) is 26.8 Å². The van der Waals surface area contributed by atoms with Gasteiger partial charge in [-0.1, -0.05) is 13.0 Å². The maximum atomic E-state index is 11.7. The smallest absolute Gasteiger partial charge is 0.253 e. The Morgan fingerprint density at radius 2 is 2.16 bits per heavy atom. The minimum atomic E-state index is -0.0410. The molecule has 0 spiro atoms. The average molecular weight is 258 g/mol. The standard InChI is InChI=1S/C14H18N4O/c1-3-6-15-13-5-4-12(8-16-13)9-18-10-17-11(2)7-14(18)19/h4-5,7-8,10H,3,6,9H2,1-2H3,(H,15,16). The maximum absolute atomic E-state index is 11.7. The molecule has 0 bridgehead atoms. The number of pyridine rings is 1. The lowest BCUT2D eigenvalue weighted by Crippen LogP contribution is -2.20. The molecule has 0 aliphatic carbocycles. The van der Waals surface area contributed by atoms with E-state index in [0.29, 0.717) is 6.54 Å². The quantitative estimate of drug-likeness (QED) is 0.888. The van der Waals surface area contributed by atoms with Crippen LogP contribution in [0.2, 0.25) is 0 Å². The zero-order valence-corrected chi connectivity index (χ0v) is 11.3. The van der Waals surface area contributed by atoms with Crippen molar-refractivity contribution in [2.75, 3.05) is 11.9 Å². The van der Waals surface area contributed by atoms with Crippen molar-refractivity contribution in [2.24, 2.45) is 0 Å². The van der Waals surface area contributed by atoms with E-state index in [0.717, 1.165) is 30.0 Å². The summed E-state index contributed by atoms with van der Waals surface area (Å²) in [7, 11) is 0. The van der Waals surface area contributed by atoms with Crippen molar-refractivity contribution in [1.29, 1.82) is 0 Å². The van der Waals surface area contributed by atoms with E-state index in [-0.39, 0.29) is 5.56 Å². The second kappa shape index (κ2) is 6.13. The molecule has 2 aromatic rings. The van der Waals surface area contributed by atoms with Crippen LogP contribution in [-0.4, -0.2) is 21.1 Å². The normalized spacial score (nSPS) is 10.4. The van der Waals surface area contributed by atoms with Crippen molar-refractivity contribution >= 4 is 5.82 Å². The third kappa shape index (κ3) is 3.64. The molecule has 2 heterocycles. The molecule has 5 nitrogen and oxygen atoms in total. The largest absolute Gasteiger partial charge is 0.370 e. The van der Waals surface area contributed by atoms with Crippen LogP contribution in [-0.2, 0) is 6.54 Å². The number of nitrogens with one attached hydrogen (secondary N) is 1. The molecule has 0 fully saturated rings. The Morgan fingerprint density at radius 3 is 2.79 bits per heavy atom. The summed E-state index contributed by atoms with van der Waals surface area (Å²) in [6.07, 6.45) is 4.42. The molecule has 0 aliphatic heterocycles. The topological polar surface area (TPSA) is 59.8 Å². The second-order valence-corrected chi connectivity index (χ2v) is 4.47.